The summed E-state index contributed by atoms with van der Waals surface area (Å²) < 4.78 is 0. The van der Waals surface area contributed by atoms with E-state index in [2.05, 4.69) is 6.92 Å². The van der Waals surface area contributed by atoms with Gasteiger partial charge in [-0.25, -0.2) is 0 Å². The van der Waals surface area contributed by atoms with Gasteiger partial charge in [-0.2, -0.15) is 0 Å². The topological polar surface area (TPSA) is 0 Å². The lowest BCUT2D eigenvalue weighted by molar-refractivity contribution is 0.172. The Hall–Kier alpha value is 0.290. The van der Waals surface area contributed by atoms with E-state index in [0.29, 0.717) is 5.41 Å². The van der Waals surface area contributed by atoms with Crippen LogP contribution in [0.2, 0.25) is 0 Å². The summed E-state index contributed by atoms with van der Waals surface area (Å²) in [5.74, 6) is 2.96. The van der Waals surface area contributed by atoms with Crippen molar-refractivity contribution in [2.75, 3.05) is 5.88 Å². The van der Waals surface area contributed by atoms with Gasteiger partial charge in [0.05, 0.1) is 0 Å². The Kier molecular flexibility index (Phi) is 5.86. The SMILES string of the molecule is CCCCCCCCCC1(CCl)CC2CCC1C2. The van der Waals surface area contributed by atoms with Gasteiger partial charge in [-0.1, -0.05) is 58.3 Å². The van der Waals surface area contributed by atoms with Crippen LogP contribution in [-0.4, -0.2) is 5.88 Å². The summed E-state index contributed by atoms with van der Waals surface area (Å²) in [5.41, 5.74) is 0.563. The molecule has 0 spiro atoms. The van der Waals surface area contributed by atoms with E-state index in [-0.39, 0.29) is 0 Å². The summed E-state index contributed by atoms with van der Waals surface area (Å²) in [7, 11) is 0. The summed E-state index contributed by atoms with van der Waals surface area (Å²) in [6, 6.07) is 0. The molecule has 18 heavy (non-hydrogen) atoms. The number of hydrogen-bond acceptors (Lipinski definition) is 0. The van der Waals surface area contributed by atoms with Crippen LogP contribution in [0.1, 0.15) is 84.0 Å². The first-order valence-corrected chi connectivity index (χ1v) is 8.90. The fraction of sp³-hybridized carbons (Fsp3) is 1.00. The van der Waals surface area contributed by atoms with Crippen molar-refractivity contribution in [3.05, 3.63) is 0 Å². The van der Waals surface area contributed by atoms with Crippen molar-refractivity contribution in [3.63, 3.8) is 0 Å². The van der Waals surface area contributed by atoms with Gasteiger partial charge in [0, 0.05) is 5.88 Å². The van der Waals surface area contributed by atoms with Crippen LogP contribution >= 0.6 is 11.6 Å². The Morgan fingerprint density at radius 1 is 1.00 bits per heavy atom. The Morgan fingerprint density at radius 3 is 2.28 bits per heavy atom. The predicted molar refractivity (Wildman–Crippen MR) is 81.2 cm³/mol. The molecule has 0 heterocycles. The van der Waals surface area contributed by atoms with Gasteiger partial charge in [-0.05, 0) is 42.9 Å². The molecule has 2 bridgehead atoms. The Balaban J connectivity index is 1.60. The molecule has 2 rings (SSSR count). The predicted octanol–water partition coefficient (Wildman–Crippen LogP) is 6.17. The Morgan fingerprint density at radius 2 is 1.72 bits per heavy atom. The molecule has 0 amide bonds. The lowest BCUT2D eigenvalue weighted by Crippen LogP contribution is -2.29. The zero-order valence-electron chi connectivity index (χ0n) is 12.2. The summed E-state index contributed by atoms with van der Waals surface area (Å²) in [5, 5.41) is 0. The van der Waals surface area contributed by atoms with E-state index >= 15 is 0 Å². The highest BCUT2D eigenvalue weighted by Crippen LogP contribution is 2.58. The van der Waals surface area contributed by atoms with Crippen LogP contribution in [-0.2, 0) is 0 Å². The van der Waals surface area contributed by atoms with Crippen LogP contribution < -0.4 is 0 Å². The minimum absolute atomic E-state index is 0.563. The summed E-state index contributed by atoms with van der Waals surface area (Å²) >= 11 is 6.34. The maximum atomic E-state index is 6.34. The molecule has 0 saturated heterocycles. The third-order valence-electron chi connectivity index (χ3n) is 5.65. The van der Waals surface area contributed by atoms with Gasteiger partial charge in [0.25, 0.3) is 0 Å². The molecule has 3 unspecified atom stereocenters. The standard InChI is InChI=1S/C17H31Cl/c1-2-3-4-5-6-7-8-11-17(14-18)13-15-9-10-16(17)12-15/h15-16H,2-14H2,1H3. The van der Waals surface area contributed by atoms with Crippen molar-refractivity contribution >= 4 is 11.6 Å². The minimum Gasteiger partial charge on any atom is -0.126 e. The Bertz CT molecular complexity index is 238. The minimum atomic E-state index is 0.563. The third kappa shape index (κ3) is 3.44. The lowest BCUT2D eigenvalue weighted by atomic mass is 9.71. The highest BCUT2D eigenvalue weighted by molar-refractivity contribution is 6.18. The van der Waals surface area contributed by atoms with E-state index < -0.39 is 0 Å². The average molecular weight is 271 g/mol. The molecule has 0 aliphatic heterocycles. The van der Waals surface area contributed by atoms with Gasteiger partial charge in [0.1, 0.15) is 0 Å². The molecule has 2 aliphatic carbocycles. The van der Waals surface area contributed by atoms with E-state index in [0.717, 1.165) is 17.7 Å². The van der Waals surface area contributed by atoms with E-state index in [9.17, 15) is 0 Å². The van der Waals surface area contributed by atoms with Crippen molar-refractivity contribution in [1.82, 2.24) is 0 Å². The van der Waals surface area contributed by atoms with E-state index in [1.807, 2.05) is 0 Å². The first kappa shape index (κ1) is 14.7. The summed E-state index contributed by atoms with van der Waals surface area (Å²) in [6.45, 7) is 2.29. The number of rotatable bonds is 9. The number of halogens is 1. The largest absolute Gasteiger partial charge is 0.126 e. The smallest absolute Gasteiger partial charge is 0.0282 e. The average Bonchev–Trinajstić information content (AvgIpc) is 2.98. The fourth-order valence-corrected chi connectivity index (χ4v) is 4.99. The number of unbranched alkanes of at least 4 members (excludes halogenated alkanes) is 6. The molecule has 2 saturated carbocycles. The van der Waals surface area contributed by atoms with Gasteiger partial charge in [0.15, 0.2) is 0 Å². The molecule has 2 aliphatic rings. The first-order chi connectivity index (χ1) is 8.80. The molecular formula is C17H31Cl. The number of fused-ring (bicyclic) bond motifs is 2. The van der Waals surface area contributed by atoms with Crippen LogP contribution in [0, 0.1) is 17.3 Å². The molecule has 0 aromatic heterocycles. The van der Waals surface area contributed by atoms with E-state index in [1.165, 1.54) is 77.0 Å². The summed E-state index contributed by atoms with van der Waals surface area (Å²) in [4.78, 5) is 0. The van der Waals surface area contributed by atoms with Gasteiger partial charge >= 0.3 is 0 Å². The molecule has 1 heteroatoms. The number of hydrogen-bond donors (Lipinski definition) is 0. The van der Waals surface area contributed by atoms with Gasteiger partial charge in [-0.3, -0.25) is 0 Å². The number of alkyl halides is 1. The van der Waals surface area contributed by atoms with Crippen molar-refractivity contribution in [2.24, 2.45) is 17.3 Å². The monoisotopic (exact) mass is 270 g/mol. The maximum Gasteiger partial charge on any atom is 0.0282 e. The highest BCUT2D eigenvalue weighted by atomic mass is 35.5. The molecule has 3 atom stereocenters. The van der Waals surface area contributed by atoms with E-state index in [4.69, 9.17) is 11.6 Å². The molecular weight excluding hydrogens is 240 g/mol. The normalized spacial score (nSPS) is 34.3. The van der Waals surface area contributed by atoms with E-state index in [1.54, 1.807) is 0 Å². The molecule has 106 valence electrons. The van der Waals surface area contributed by atoms with Crippen molar-refractivity contribution in [2.45, 2.75) is 84.0 Å². The van der Waals surface area contributed by atoms with Crippen molar-refractivity contribution < 1.29 is 0 Å². The van der Waals surface area contributed by atoms with Crippen molar-refractivity contribution in [3.8, 4) is 0 Å². The molecule has 0 aromatic rings. The van der Waals surface area contributed by atoms with Gasteiger partial charge in [0.2, 0.25) is 0 Å². The molecule has 0 aromatic carbocycles. The second-order valence-corrected chi connectivity index (χ2v) is 7.21. The molecule has 0 N–H and O–H groups in total. The van der Waals surface area contributed by atoms with Crippen LogP contribution in [0.15, 0.2) is 0 Å². The quantitative estimate of drug-likeness (QED) is 0.347. The second-order valence-electron chi connectivity index (χ2n) is 6.95. The maximum absolute atomic E-state index is 6.34. The fourth-order valence-electron chi connectivity index (χ4n) is 4.53. The molecule has 0 nitrogen and oxygen atoms in total. The van der Waals surface area contributed by atoms with Crippen LogP contribution in [0.5, 0.6) is 0 Å². The third-order valence-corrected chi connectivity index (χ3v) is 6.18. The van der Waals surface area contributed by atoms with Crippen LogP contribution in [0.4, 0.5) is 0 Å². The van der Waals surface area contributed by atoms with Crippen molar-refractivity contribution in [1.29, 1.82) is 0 Å². The van der Waals surface area contributed by atoms with Crippen LogP contribution in [0.25, 0.3) is 0 Å². The molecule has 2 fully saturated rings. The molecule has 0 radical (unpaired) electrons. The second kappa shape index (κ2) is 7.17. The zero-order chi connectivity index (χ0) is 12.8. The first-order valence-electron chi connectivity index (χ1n) is 8.36. The summed E-state index contributed by atoms with van der Waals surface area (Å²) in [6.07, 6.45) is 17.4. The van der Waals surface area contributed by atoms with Gasteiger partial charge in [-0.15, -0.1) is 11.6 Å². The zero-order valence-corrected chi connectivity index (χ0v) is 13.0. The Labute approximate surface area is 119 Å². The lowest BCUT2D eigenvalue weighted by Gasteiger charge is -2.36. The highest BCUT2D eigenvalue weighted by Gasteiger charge is 2.49. The van der Waals surface area contributed by atoms with Crippen LogP contribution in [0.3, 0.4) is 0 Å². The van der Waals surface area contributed by atoms with Gasteiger partial charge < -0.3 is 0 Å².